The van der Waals surface area contributed by atoms with Gasteiger partial charge in [0.1, 0.15) is 0 Å². The quantitative estimate of drug-likeness (QED) is 0.830. The van der Waals surface area contributed by atoms with E-state index in [1.807, 2.05) is 12.1 Å². The van der Waals surface area contributed by atoms with E-state index in [2.05, 4.69) is 12.1 Å². The van der Waals surface area contributed by atoms with Gasteiger partial charge in [0.05, 0.1) is 6.42 Å². The third kappa shape index (κ3) is 2.25. The van der Waals surface area contributed by atoms with Crippen LogP contribution >= 0.6 is 0 Å². The molecule has 3 heteroatoms. The number of benzene rings is 1. The molecule has 1 aromatic carbocycles. The fourth-order valence-corrected chi connectivity index (χ4v) is 1.75. The van der Waals surface area contributed by atoms with Crippen LogP contribution in [0.2, 0.25) is 0 Å². The number of carbonyl (C=O) groups excluding carboxylic acids is 1. The normalized spacial score (nSPS) is 16.9. The lowest BCUT2D eigenvalue weighted by Crippen LogP contribution is -2.24. The monoisotopic (exact) mass is 218 g/mol. The number of carbonyl (C=O) groups is 1. The van der Waals surface area contributed by atoms with E-state index in [1.165, 1.54) is 0 Å². The average molecular weight is 218 g/mol. The zero-order valence-corrected chi connectivity index (χ0v) is 9.86. The second kappa shape index (κ2) is 3.91. The molecule has 0 heterocycles. The maximum Gasteiger partial charge on any atom is 0.226 e. The number of amides is 1. The van der Waals surface area contributed by atoms with E-state index in [4.69, 9.17) is 5.73 Å². The fourth-order valence-electron chi connectivity index (χ4n) is 1.75. The molecule has 3 nitrogen and oxygen atoms in total. The van der Waals surface area contributed by atoms with E-state index in [-0.39, 0.29) is 11.4 Å². The summed E-state index contributed by atoms with van der Waals surface area (Å²) in [6, 6.07) is 8.09. The van der Waals surface area contributed by atoms with Crippen molar-refractivity contribution in [3.05, 3.63) is 35.4 Å². The van der Waals surface area contributed by atoms with Crippen molar-refractivity contribution < 1.29 is 4.79 Å². The lowest BCUT2D eigenvalue weighted by atomic mass is 10.0. The van der Waals surface area contributed by atoms with Crippen LogP contribution in [-0.2, 0) is 16.8 Å². The first kappa shape index (κ1) is 11.1. The molecule has 1 aliphatic carbocycles. The van der Waals surface area contributed by atoms with Crippen LogP contribution in [0.15, 0.2) is 24.3 Å². The van der Waals surface area contributed by atoms with E-state index in [1.54, 1.807) is 19.0 Å². The number of likely N-dealkylation sites (N-methyl/N-ethyl adjacent to an activating group) is 1. The van der Waals surface area contributed by atoms with Gasteiger partial charge in [-0.15, -0.1) is 0 Å². The van der Waals surface area contributed by atoms with Crippen molar-refractivity contribution in [3.8, 4) is 0 Å². The van der Waals surface area contributed by atoms with Crippen molar-refractivity contribution in [2.45, 2.75) is 24.8 Å². The lowest BCUT2D eigenvalue weighted by Gasteiger charge is -2.13. The Kier molecular flexibility index (Phi) is 2.72. The van der Waals surface area contributed by atoms with Gasteiger partial charge in [-0.1, -0.05) is 24.3 Å². The Bertz CT molecular complexity index is 408. The van der Waals surface area contributed by atoms with Gasteiger partial charge in [0, 0.05) is 19.6 Å². The molecule has 0 saturated heterocycles. The van der Waals surface area contributed by atoms with Gasteiger partial charge < -0.3 is 10.6 Å². The van der Waals surface area contributed by atoms with E-state index in [0.717, 1.165) is 24.0 Å². The summed E-state index contributed by atoms with van der Waals surface area (Å²) in [5.74, 6) is 0.124. The van der Waals surface area contributed by atoms with Gasteiger partial charge in [-0.3, -0.25) is 4.79 Å². The maximum atomic E-state index is 11.6. The Labute approximate surface area is 96.2 Å². The predicted molar refractivity (Wildman–Crippen MR) is 63.9 cm³/mol. The average Bonchev–Trinajstić information content (AvgIpc) is 2.98. The molecule has 0 aliphatic heterocycles. The summed E-state index contributed by atoms with van der Waals surface area (Å²) in [4.78, 5) is 13.2. The molecule has 1 aliphatic rings. The highest BCUT2D eigenvalue weighted by Crippen LogP contribution is 2.42. The Morgan fingerprint density at radius 1 is 1.44 bits per heavy atom. The first-order chi connectivity index (χ1) is 7.51. The molecule has 0 aromatic heterocycles. The summed E-state index contributed by atoms with van der Waals surface area (Å²) in [7, 11) is 3.55. The van der Waals surface area contributed by atoms with Crippen LogP contribution in [-0.4, -0.2) is 24.9 Å². The van der Waals surface area contributed by atoms with Crippen molar-refractivity contribution in [3.63, 3.8) is 0 Å². The zero-order chi connectivity index (χ0) is 11.8. The molecule has 2 rings (SSSR count). The summed E-state index contributed by atoms with van der Waals surface area (Å²) in [6.07, 6.45) is 2.56. The third-order valence-corrected chi connectivity index (χ3v) is 3.14. The summed E-state index contributed by atoms with van der Waals surface area (Å²) in [5, 5.41) is 0. The molecular weight excluding hydrogens is 200 g/mol. The van der Waals surface area contributed by atoms with E-state index in [0.29, 0.717) is 6.42 Å². The molecule has 86 valence electrons. The van der Waals surface area contributed by atoms with Crippen LogP contribution in [0.4, 0.5) is 0 Å². The molecule has 1 aromatic rings. The van der Waals surface area contributed by atoms with Crippen LogP contribution in [0.25, 0.3) is 0 Å². The van der Waals surface area contributed by atoms with Crippen LogP contribution in [0.1, 0.15) is 24.0 Å². The summed E-state index contributed by atoms with van der Waals surface area (Å²) in [6.45, 7) is 0. The molecule has 2 N–H and O–H groups in total. The van der Waals surface area contributed by atoms with Gasteiger partial charge in [0.2, 0.25) is 5.91 Å². The Balaban J connectivity index is 2.14. The van der Waals surface area contributed by atoms with E-state index >= 15 is 0 Å². The second-order valence-corrected chi connectivity index (χ2v) is 4.82. The first-order valence-corrected chi connectivity index (χ1v) is 5.60. The Morgan fingerprint density at radius 2 is 2.12 bits per heavy atom. The Hall–Kier alpha value is -1.35. The van der Waals surface area contributed by atoms with E-state index in [9.17, 15) is 4.79 Å². The van der Waals surface area contributed by atoms with Crippen molar-refractivity contribution in [1.29, 1.82) is 0 Å². The molecule has 0 bridgehead atoms. The van der Waals surface area contributed by atoms with Gasteiger partial charge in [0.25, 0.3) is 0 Å². The van der Waals surface area contributed by atoms with Crippen LogP contribution < -0.4 is 5.73 Å². The molecule has 0 atom stereocenters. The lowest BCUT2D eigenvalue weighted by molar-refractivity contribution is -0.127. The van der Waals surface area contributed by atoms with Crippen molar-refractivity contribution >= 4 is 5.91 Å². The SMILES string of the molecule is CN(C)C(=O)Cc1cccc(C2(N)CC2)c1. The number of nitrogens with zero attached hydrogens (tertiary/aromatic N) is 1. The number of hydrogen-bond acceptors (Lipinski definition) is 2. The smallest absolute Gasteiger partial charge is 0.226 e. The molecule has 0 spiro atoms. The number of hydrogen-bond donors (Lipinski definition) is 1. The van der Waals surface area contributed by atoms with E-state index < -0.39 is 0 Å². The second-order valence-electron chi connectivity index (χ2n) is 4.82. The highest BCUT2D eigenvalue weighted by molar-refractivity contribution is 5.78. The largest absolute Gasteiger partial charge is 0.349 e. The summed E-state index contributed by atoms with van der Waals surface area (Å²) >= 11 is 0. The molecule has 16 heavy (non-hydrogen) atoms. The van der Waals surface area contributed by atoms with Gasteiger partial charge in [-0.2, -0.15) is 0 Å². The molecule has 0 unspecified atom stereocenters. The van der Waals surface area contributed by atoms with Crippen LogP contribution in [0, 0.1) is 0 Å². The molecular formula is C13H18N2O. The van der Waals surface area contributed by atoms with Gasteiger partial charge >= 0.3 is 0 Å². The minimum Gasteiger partial charge on any atom is -0.349 e. The molecule has 1 saturated carbocycles. The van der Waals surface area contributed by atoms with Crippen LogP contribution in [0.5, 0.6) is 0 Å². The maximum absolute atomic E-state index is 11.6. The Morgan fingerprint density at radius 3 is 2.69 bits per heavy atom. The van der Waals surface area contributed by atoms with Crippen molar-refractivity contribution in [2.75, 3.05) is 14.1 Å². The molecule has 1 fully saturated rings. The first-order valence-electron chi connectivity index (χ1n) is 5.60. The summed E-state index contributed by atoms with van der Waals surface area (Å²) in [5.41, 5.74) is 8.23. The standard InChI is InChI=1S/C13H18N2O/c1-15(2)12(16)9-10-4-3-5-11(8-10)13(14)6-7-13/h3-5,8H,6-7,9,14H2,1-2H3. The number of rotatable bonds is 3. The van der Waals surface area contributed by atoms with Crippen molar-refractivity contribution in [2.24, 2.45) is 5.73 Å². The highest BCUT2D eigenvalue weighted by Gasteiger charge is 2.39. The summed E-state index contributed by atoms with van der Waals surface area (Å²) < 4.78 is 0. The fraction of sp³-hybridized carbons (Fsp3) is 0.462. The van der Waals surface area contributed by atoms with Gasteiger partial charge in [-0.25, -0.2) is 0 Å². The van der Waals surface area contributed by atoms with Gasteiger partial charge in [-0.05, 0) is 24.0 Å². The molecule has 1 amide bonds. The zero-order valence-electron chi connectivity index (χ0n) is 9.86. The van der Waals surface area contributed by atoms with Crippen LogP contribution in [0.3, 0.4) is 0 Å². The highest BCUT2D eigenvalue weighted by atomic mass is 16.2. The van der Waals surface area contributed by atoms with Crippen molar-refractivity contribution in [1.82, 2.24) is 4.90 Å². The molecule has 0 radical (unpaired) electrons. The third-order valence-electron chi connectivity index (χ3n) is 3.14. The van der Waals surface area contributed by atoms with Gasteiger partial charge in [0.15, 0.2) is 0 Å². The minimum atomic E-state index is -0.114. The predicted octanol–water partition coefficient (Wildman–Crippen LogP) is 1.27. The topological polar surface area (TPSA) is 46.3 Å². The minimum absolute atomic E-state index is 0.114. The number of nitrogens with two attached hydrogens (primary N) is 1.